The molecule has 1 rings (SSSR count). The van der Waals surface area contributed by atoms with Crippen LogP contribution in [0.3, 0.4) is 0 Å². The van der Waals surface area contributed by atoms with Crippen LogP contribution >= 0.6 is 0 Å². The topological polar surface area (TPSA) is 55.8 Å². The molecule has 2 unspecified atom stereocenters. The van der Waals surface area contributed by atoms with E-state index in [-0.39, 0.29) is 23.9 Å². The molecule has 18 heavy (non-hydrogen) atoms. The second-order valence-corrected chi connectivity index (χ2v) is 4.56. The monoisotopic (exact) mass is 257 g/mol. The molecule has 1 heterocycles. The first-order valence-electron chi connectivity index (χ1n) is 6.67. The van der Waals surface area contributed by atoms with E-state index in [1.165, 1.54) is 0 Å². The molecule has 1 aliphatic rings. The number of rotatable bonds is 6. The third-order valence-electron chi connectivity index (χ3n) is 3.12. The molecule has 5 heteroatoms. The number of hydrogen-bond donors (Lipinski definition) is 0. The molecule has 0 amide bonds. The van der Waals surface area contributed by atoms with Crippen LogP contribution in [0.15, 0.2) is 0 Å². The second kappa shape index (κ2) is 7.36. The molecule has 0 aromatic rings. The van der Waals surface area contributed by atoms with Gasteiger partial charge < -0.3 is 9.47 Å². The molecule has 104 valence electrons. The van der Waals surface area contributed by atoms with Gasteiger partial charge >= 0.3 is 11.9 Å². The molecule has 0 bridgehead atoms. The maximum absolute atomic E-state index is 11.8. The van der Waals surface area contributed by atoms with Crippen molar-refractivity contribution in [2.75, 3.05) is 26.3 Å². The molecule has 5 nitrogen and oxygen atoms in total. The molecule has 0 saturated carbocycles. The lowest BCUT2D eigenvalue weighted by atomic mass is 10.1. The molecule has 0 radical (unpaired) electrons. The van der Waals surface area contributed by atoms with E-state index in [4.69, 9.17) is 9.47 Å². The summed E-state index contributed by atoms with van der Waals surface area (Å²) in [4.78, 5) is 25.3. The minimum Gasteiger partial charge on any atom is -0.466 e. The summed E-state index contributed by atoms with van der Waals surface area (Å²) in [5.74, 6) is -0.585. The highest BCUT2D eigenvalue weighted by Crippen LogP contribution is 2.20. The third kappa shape index (κ3) is 3.98. The predicted octanol–water partition coefficient (Wildman–Crippen LogP) is 1.21. The van der Waals surface area contributed by atoms with Crippen molar-refractivity contribution >= 4 is 11.9 Å². The summed E-state index contributed by atoms with van der Waals surface area (Å²) in [5.41, 5.74) is 0. The Hall–Kier alpha value is -1.10. The van der Waals surface area contributed by atoms with E-state index in [1.807, 2.05) is 11.8 Å². The van der Waals surface area contributed by atoms with Crippen molar-refractivity contribution < 1.29 is 19.1 Å². The average molecular weight is 257 g/mol. The Kier molecular flexibility index (Phi) is 6.12. The Morgan fingerprint density at radius 2 is 1.94 bits per heavy atom. The summed E-state index contributed by atoms with van der Waals surface area (Å²) in [5, 5.41) is 0. The Morgan fingerprint density at radius 1 is 1.28 bits per heavy atom. The normalized spacial score (nSPS) is 21.6. The van der Waals surface area contributed by atoms with Gasteiger partial charge in [0, 0.05) is 6.54 Å². The van der Waals surface area contributed by atoms with E-state index in [2.05, 4.69) is 0 Å². The van der Waals surface area contributed by atoms with Crippen LogP contribution in [-0.2, 0) is 19.1 Å². The molecule has 0 N–H and O–H groups in total. The van der Waals surface area contributed by atoms with Crippen molar-refractivity contribution in [2.45, 2.75) is 39.7 Å². The number of carbonyl (C=O) groups excluding carboxylic acids is 2. The van der Waals surface area contributed by atoms with Gasteiger partial charge in [0.25, 0.3) is 0 Å². The van der Waals surface area contributed by atoms with E-state index < -0.39 is 0 Å². The Labute approximate surface area is 108 Å². The molecule has 0 spiro atoms. The van der Waals surface area contributed by atoms with Gasteiger partial charge in [-0.2, -0.15) is 0 Å². The maximum Gasteiger partial charge on any atom is 0.323 e. The van der Waals surface area contributed by atoms with E-state index in [1.54, 1.807) is 13.8 Å². The fourth-order valence-electron chi connectivity index (χ4n) is 2.26. The SMILES string of the molecule is CCOC(=O)C(C)CN1CCCC1C(=O)OCC. The molecule has 0 aliphatic carbocycles. The zero-order valence-corrected chi connectivity index (χ0v) is 11.5. The fourth-order valence-corrected chi connectivity index (χ4v) is 2.26. The number of ether oxygens (including phenoxy) is 2. The minimum atomic E-state index is -0.208. The van der Waals surface area contributed by atoms with Gasteiger partial charge in [-0.05, 0) is 33.2 Å². The summed E-state index contributed by atoms with van der Waals surface area (Å²) in [7, 11) is 0. The van der Waals surface area contributed by atoms with Crippen LogP contribution in [0.2, 0.25) is 0 Å². The highest BCUT2D eigenvalue weighted by molar-refractivity contribution is 5.76. The van der Waals surface area contributed by atoms with Gasteiger partial charge in [-0.15, -0.1) is 0 Å². The first-order valence-corrected chi connectivity index (χ1v) is 6.67. The van der Waals surface area contributed by atoms with Crippen LogP contribution in [0, 0.1) is 5.92 Å². The van der Waals surface area contributed by atoms with Crippen molar-refractivity contribution in [3.8, 4) is 0 Å². The van der Waals surface area contributed by atoms with Crippen molar-refractivity contribution in [3.63, 3.8) is 0 Å². The van der Waals surface area contributed by atoms with Gasteiger partial charge in [0.1, 0.15) is 6.04 Å². The lowest BCUT2D eigenvalue weighted by Crippen LogP contribution is -2.41. The van der Waals surface area contributed by atoms with Crippen LogP contribution in [0.1, 0.15) is 33.6 Å². The first-order chi connectivity index (χ1) is 8.60. The molecular weight excluding hydrogens is 234 g/mol. The maximum atomic E-state index is 11.8. The number of hydrogen-bond acceptors (Lipinski definition) is 5. The summed E-state index contributed by atoms with van der Waals surface area (Å²) in [6, 6.07) is -0.193. The lowest BCUT2D eigenvalue weighted by molar-refractivity contribution is -0.152. The van der Waals surface area contributed by atoms with Crippen LogP contribution in [0.5, 0.6) is 0 Å². The highest BCUT2D eigenvalue weighted by atomic mass is 16.5. The Balaban J connectivity index is 2.49. The molecular formula is C13H23NO4. The fraction of sp³-hybridized carbons (Fsp3) is 0.846. The average Bonchev–Trinajstić information content (AvgIpc) is 2.77. The smallest absolute Gasteiger partial charge is 0.323 e. The van der Waals surface area contributed by atoms with Crippen LogP contribution < -0.4 is 0 Å². The number of esters is 2. The zero-order valence-electron chi connectivity index (χ0n) is 11.5. The highest BCUT2D eigenvalue weighted by Gasteiger charge is 2.33. The quantitative estimate of drug-likeness (QED) is 0.669. The van der Waals surface area contributed by atoms with Gasteiger partial charge in [0.15, 0.2) is 0 Å². The van der Waals surface area contributed by atoms with E-state index in [0.717, 1.165) is 19.4 Å². The van der Waals surface area contributed by atoms with Gasteiger partial charge in [0.2, 0.25) is 0 Å². The summed E-state index contributed by atoms with van der Waals surface area (Å²) in [6.45, 7) is 7.62. The van der Waals surface area contributed by atoms with Gasteiger partial charge in [-0.1, -0.05) is 6.92 Å². The van der Waals surface area contributed by atoms with Crippen LogP contribution in [0.25, 0.3) is 0 Å². The first kappa shape index (κ1) is 15.0. The van der Waals surface area contributed by atoms with E-state index in [9.17, 15) is 9.59 Å². The number of nitrogens with zero attached hydrogens (tertiary/aromatic N) is 1. The lowest BCUT2D eigenvalue weighted by Gasteiger charge is -2.25. The minimum absolute atomic E-state index is 0.175. The Morgan fingerprint density at radius 3 is 2.56 bits per heavy atom. The van der Waals surface area contributed by atoms with Crippen molar-refractivity contribution in [3.05, 3.63) is 0 Å². The molecule has 1 aliphatic heterocycles. The van der Waals surface area contributed by atoms with Gasteiger partial charge in [0.05, 0.1) is 19.1 Å². The summed E-state index contributed by atoms with van der Waals surface area (Å²) >= 11 is 0. The number of likely N-dealkylation sites (tertiary alicyclic amines) is 1. The summed E-state index contributed by atoms with van der Waals surface area (Å²) in [6.07, 6.45) is 1.79. The standard InChI is InChI=1S/C13H23NO4/c1-4-17-12(15)10(3)9-14-8-6-7-11(14)13(16)18-5-2/h10-11H,4-9H2,1-3H3. The second-order valence-electron chi connectivity index (χ2n) is 4.56. The molecule has 0 aromatic carbocycles. The molecule has 1 fully saturated rings. The van der Waals surface area contributed by atoms with E-state index >= 15 is 0 Å². The third-order valence-corrected chi connectivity index (χ3v) is 3.12. The van der Waals surface area contributed by atoms with Gasteiger partial charge in [-0.25, -0.2) is 0 Å². The van der Waals surface area contributed by atoms with Crippen LogP contribution in [0.4, 0.5) is 0 Å². The van der Waals surface area contributed by atoms with Crippen LogP contribution in [-0.4, -0.2) is 49.2 Å². The largest absolute Gasteiger partial charge is 0.466 e. The predicted molar refractivity (Wildman–Crippen MR) is 67.0 cm³/mol. The van der Waals surface area contributed by atoms with Crippen molar-refractivity contribution in [1.82, 2.24) is 4.90 Å². The molecule has 1 saturated heterocycles. The summed E-state index contributed by atoms with van der Waals surface area (Å²) < 4.78 is 10.0. The van der Waals surface area contributed by atoms with E-state index in [0.29, 0.717) is 19.8 Å². The van der Waals surface area contributed by atoms with Crippen molar-refractivity contribution in [1.29, 1.82) is 0 Å². The van der Waals surface area contributed by atoms with Crippen molar-refractivity contribution in [2.24, 2.45) is 5.92 Å². The zero-order chi connectivity index (χ0) is 13.5. The van der Waals surface area contributed by atoms with Gasteiger partial charge in [-0.3, -0.25) is 14.5 Å². The Bertz CT molecular complexity index is 293. The molecule has 2 atom stereocenters. The molecule has 0 aromatic heterocycles. The number of carbonyl (C=O) groups is 2.